The van der Waals surface area contributed by atoms with Gasteiger partial charge >= 0.3 is 0 Å². The van der Waals surface area contributed by atoms with Crippen molar-refractivity contribution in [2.45, 2.75) is 0 Å². The molecule has 1 fully saturated rings. The van der Waals surface area contributed by atoms with Crippen LogP contribution in [0.1, 0.15) is 0 Å². The summed E-state index contributed by atoms with van der Waals surface area (Å²) in [5.74, 6) is 0. The first-order valence-corrected chi connectivity index (χ1v) is 9.77. The van der Waals surface area contributed by atoms with Gasteiger partial charge in [0.25, 0.3) is 0 Å². The van der Waals surface area contributed by atoms with E-state index in [2.05, 4.69) is 49.6 Å². The number of rotatable bonds is 3. The van der Waals surface area contributed by atoms with Gasteiger partial charge in [0.1, 0.15) is 5.01 Å². The highest BCUT2D eigenvalue weighted by Crippen LogP contribution is 2.26. The molecule has 0 spiro atoms. The van der Waals surface area contributed by atoms with Crippen molar-refractivity contribution in [3.63, 3.8) is 0 Å². The van der Waals surface area contributed by atoms with Gasteiger partial charge in [0.05, 0.1) is 0 Å². The molecule has 1 saturated heterocycles. The van der Waals surface area contributed by atoms with Gasteiger partial charge in [0.2, 0.25) is 5.13 Å². The number of benzene rings is 2. The van der Waals surface area contributed by atoms with Gasteiger partial charge in [-0.2, -0.15) is 0 Å². The number of aromatic nitrogens is 2. The molecule has 7 heteroatoms. The van der Waals surface area contributed by atoms with Crippen molar-refractivity contribution in [2.24, 2.45) is 0 Å². The minimum Gasteiger partial charge on any atom is -0.368 e. The number of hydrogen-bond acceptors (Lipinski definition) is 5. The van der Waals surface area contributed by atoms with Crippen LogP contribution in [0.3, 0.4) is 0 Å². The third-order valence-corrected chi connectivity index (χ3v) is 5.60. The lowest BCUT2D eigenvalue weighted by molar-refractivity contribution is 0.391. The van der Waals surface area contributed by atoms with Crippen LogP contribution in [-0.4, -0.2) is 46.4 Å². The second kappa shape index (κ2) is 7.80. The van der Waals surface area contributed by atoms with Crippen LogP contribution in [0.15, 0.2) is 60.7 Å². The van der Waals surface area contributed by atoms with E-state index in [-0.39, 0.29) is 0 Å². The molecule has 1 aromatic heterocycles. The minimum absolute atomic E-state index is 0.716. The maximum atomic E-state index is 5.57. The summed E-state index contributed by atoms with van der Waals surface area (Å²) in [6.45, 7) is 3.70. The van der Waals surface area contributed by atoms with Gasteiger partial charge in [0, 0.05) is 37.4 Å². The maximum absolute atomic E-state index is 5.57. The fourth-order valence-electron chi connectivity index (χ4n) is 2.95. The van der Waals surface area contributed by atoms with E-state index in [1.54, 1.807) is 0 Å². The van der Waals surface area contributed by atoms with E-state index < -0.39 is 0 Å². The molecular weight excluding hydrogens is 362 g/mol. The Labute approximate surface area is 162 Å². The van der Waals surface area contributed by atoms with Crippen molar-refractivity contribution in [3.05, 3.63) is 60.7 Å². The molecule has 26 heavy (non-hydrogen) atoms. The number of para-hydroxylation sites is 1. The van der Waals surface area contributed by atoms with E-state index in [0.29, 0.717) is 5.11 Å². The molecule has 2 aromatic carbocycles. The van der Waals surface area contributed by atoms with E-state index in [4.69, 9.17) is 12.2 Å². The average Bonchev–Trinajstić information content (AvgIpc) is 3.18. The summed E-state index contributed by atoms with van der Waals surface area (Å²) in [5.41, 5.74) is 2.34. The monoisotopic (exact) mass is 381 g/mol. The zero-order valence-electron chi connectivity index (χ0n) is 14.2. The number of nitrogens with zero attached hydrogens (tertiary/aromatic N) is 4. The van der Waals surface area contributed by atoms with E-state index in [1.165, 1.54) is 17.0 Å². The first kappa shape index (κ1) is 16.9. The molecule has 0 radical (unpaired) electrons. The van der Waals surface area contributed by atoms with Crippen molar-refractivity contribution >= 4 is 39.5 Å². The molecule has 132 valence electrons. The number of nitrogens with one attached hydrogen (secondary N) is 1. The Bertz CT molecular complexity index is 858. The molecule has 5 nitrogen and oxygen atoms in total. The lowest BCUT2D eigenvalue weighted by Crippen LogP contribution is -2.50. The van der Waals surface area contributed by atoms with E-state index in [0.717, 1.165) is 41.9 Å². The van der Waals surface area contributed by atoms with Gasteiger partial charge in [-0.1, -0.05) is 59.9 Å². The smallest absolute Gasteiger partial charge is 0.212 e. The van der Waals surface area contributed by atoms with Crippen LogP contribution in [0.5, 0.6) is 0 Å². The van der Waals surface area contributed by atoms with Gasteiger partial charge in [0.15, 0.2) is 5.11 Å². The van der Waals surface area contributed by atoms with Gasteiger partial charge in [-0.3, -0.25) is 0 Å². The largest absolute Gasteiger partial charge is 0.368 e. The van der Waals surface area contributed by atoms with Crippen LogP contribution >= 0.6 is 23.6 Å². The molecular formula is C19H19N5S2. The van der Waals surface area contributed by atoms with Crippen molar-refractivity contribution < 1.29 is 0 Å². The predicted molar refractivity (Wildman–Crippen MR) is 112 cm³/mol. The van der Waals surface area contributed by atoms with Crippen LogP contribution in [0, 0.1) is 0 Å². The zero-order chi connectivity index (χ0) is 17.8. The van der Waals surface area contributed by atoms with Gasteiger partial charge < -0.3 is 15.1 Å². The fourth-order valence-corrected chi connectivity index (χ4v) is 4.04. The summed E-state index contributed by atoms with van der Waals surface area (Å²) >= 11 is 7.09. The van der Waals surface area contributed by atoms with Gasteiger partial charge in [-0.15, -0.1) is 10.2 Å². The zero-order valence-corrected chi connectivity index (χ0v) is 15.8. The topological polar surface area (TPSA) is 44.3 Å². The molecule has 4 rings (SSSR count). The van der Waals surface area contributed by atoms with Gasteiger partial charge in [-0.05, 0) is 24.4 Å². The van der Waals surface area contributed by atoms with E-state index >= 15 is 0 Å². The molecule has 0 saturated carbocycles. The molecule has 1 N–H and O–H groups in total. The highest BCUT2D eigenvalue weighted by atomic mass is 32.1. The van der Waals surface area contributed by atoms with Crippen LogP contribution in [0.25, 0.3) is 10.6 Å². The Balaban J connectivity index is 1.34. The lowest BCUT2D eigenvalue weighted by Gasteiger charge is -2.37. The Hall–Kier alpha value is -2.51. The summed E-state index contributed by atoms with van der Waals surface area (Å²) in [5, 5.41) is 14.1. The normalized spacial score (nSPS) is 14.3. The first-order chi connectivity index (χ1) is 12.8. The summed E-state index contributed by atoms with van der Waals surface area (Å²) < 4.78 is 0. The number of piperazine rings is 1. The quantitative estimate of drug-likeness (QED) is 0.698. The van der Waals surface area contributed by atoms with Crippen molar-refractivity contribution in [1.29, 1.82) is 0 Å². The molecule has 2 heterocycles. The SMILES string of the molecule is S=C(Nc1nnc(-c2ccccc2)s1)N1CCN(c2ccccc2)CC1. The number of thiocarbonyl (C=S) groups is 1. The van der Waals surface area contributed by atoms with Crippen molar-refractivity contribution in [1.82, 2.24) is 15.1 Å². The van der Waals surface area contributed by atoms with E-state index in [1.807, 2.05) is 36.4 Å². The summed E-state index contributed by atoms with van der Waals surface area (Å²) in [7, 11) is 0. The standard InChI is InChI=1S/C19H19N5S2/c25-19(20-18-22-21-17(26-18)15-7-3-1-4-8-15)24-13-11-23(12-14-24)16-9-5-2-6-10-16/h1-10H,11-14H2,(H,20,22,25). The Kier molecular flexibility index (Phi) is 5.08. The molecule has 0 unspecified atom stereocenters. The summed E-state index contributed by atoms with van der Waals surface area (Å²) in [6.07, 6.45) is 0. The number of anilines is 2. The first-order valence-electron chi connectivity index (χ1n) is 8.54. The maximum Gasteiger partial charge on any atom is 0.212 e. The Morgan fingerprint density at radius 3 is 2.23 bits per heavy atom. The second-order valence-electron chi connectivity index (χ2n) is 6.02. The average molecular weight is 382 g/mol. The fraction of sp³-hybridized carbons (Fsp3) is 0.211. The van der Waals surface area contributed by atoms with Crippen LogP contribution in [0.4, 0.5) is 10.8 Å². The van der Waals surface area contributed by atoms with Crippen molar-refractivity contribution in [3.8, 4) is 10.6 Å². The molecule has 3 aromatic rings. The Morgan fingerprint density at radius 1 is 0.885 bits per heavy atom. The van der Waals surface area contributed by atoms with Crippen LogP contribution < -0.4 is 10.2 Å². The highest BCUT2D eigenvalue weighted by Gasteiger charge is 2.20. The second-order valence-corrected chi connectivity index (χ2v) is 7.38. The lowest BCUT2D eigenvalue weighted by atomic mass is 10.2. The summed E-state index contributed by atoms with van der Waals surface area (Å²) in [4.78, 5) is 4.58. The predicted octanol–water partition coefficient (Wildman–Crippen LogP) is 3.72. The van der Waals surface area contributed by atoms with E-state index in [9.17, 15) is 0 Å². The van der Waals surface area contributed by atoms with Gasteiger partial charge in [-0.25, -0.2) is 0 Å². The molecule has 0 amide bonds. The Morgan fingerprint density at radius 2 is 1.54 bits per heavy atom. The molecule has 1 aliphatic heterocycles. The van der Waals surface area contributed by atoms with Crippen LogP contribution in [0.2, 0.25) is 0 Å². The number of hydrogen-bond donors (Lipinski definition) is 1. The highest BCUT2D eigenvalue weighted by molar-refractivity contribution is 7.80. The van der Waals surface area contributed by atoms with Crippen molar-refractivity contribution in [2.75, 3.05) is 36.4 Å². The third-order valence-electron chi connectivity index (χ3n) is 4.35. The summed E-state index contributed by atoms with van der Waals surface area (Å²) in [6, 6.07) is 20.6. The third kappa shape index (κ3) is 3.84. The molecule has 0 atom stereocenters. The van der Waals surface area contributed by atoms with Crippen LogP contribution in [-0.2, 0) is 0 Å². The molecule has 0 bridgehead atoms. The molecule has 0 aliphatic carbocycles. The molecule has 1 aliphatic rings. The minimum atomic E-state index is 0.716.